The van der Waals surface area contributed by atoms with E-state index in [0.29, 0.717) is 22.3 Å². The summed E-state index contributed by atoms with van der Waals surface area (Å²) in [5.41, 5.74) is 0.923. The Hall–Kier alpha value is -2.92. The van der Waals surface area contributed by atoms with Crippen molar-refractivity contribution >= 4 is 55.6 Å². The van der Waals surface area contributed by atoms with Crippen LogP contribution in [0.3, 0.4) is 0 Å². The zero-order chi connectivity index (χ0) is 21.1. The molecule has 0 aliphatic carbocycles. The van der Waals surface area contributed by atoms with Gasteiger partial charge in [0.2, 0.25) is 15.9 Å². The number of thiazole rings is 1. The number of nitrogens with zero attached hydrogens (tertiary/aromatic N) is 2. The van der Waals surface area contributed by atoms with E-state index in [4.69, 9.17) is 16.0 Å². The SMILES string of the molecule is O=C(/C=C/c1c(Cl)nc2sccn12)Nc1cccc(S(=O)(=O)NCc2ccco2)c1. The molecule has 3 aromatic heterocycles. The Kier molecular flexibility index (Phi) is 5.73. The van der Waals surface area contributed by atoms with Crippen molar-refractivity contribution in [2.24, 2.45) is 0 Å². The molecular formula is C19H15ClN4O4S2. The summed E-state index contributed by atoms with van der Waals surface area (Å²) in [6.45, 7) is 0.0256. The number of nitrogens with one attached hydrogen (secondary N) is 2. The van der Waals surface area contributed by atoms with Crippen LogP contribution in [-0.2, 0) is 21.4 Å². The van der Waals surface area contributed by atoms with Gasteiger partial charge in [0.1, 0.15) is 5.76 Å². The highest BCUT2D eigenvalue weighted by Crippen LogP contribution is 2.22. The van der Waals surface area contributed by atoms with Crippen LogP contribution in [0.4, 0.5) is 5.69 Å². The molecule has 0 atom stereocenters. The first-order valence-electron chi connectivity index (χ1n) is 8.64. The molecule has 0 aliphatic heterocycles. The predicted molar refractivity (Wildman–Crippen MR) is 115 cm³/mol. The third-order valence-electron chi connectivity index (χ3n) is 4.08. The number of carbonyl (C=O) groups is 1. The molecule has 0 fully saturated rings. The van der Waals surface area contributed by atoms with Gasteiger partial charge in [0, 0.05) is 23.3 Å². The Balaban J connectivity index is 1.45. The molecule has 0 saturated carbocycles. The third kappa shape index (κ3) is 4.46. The van der Waals surface area contributed by atoms with Crippen molar-refractivity contribution in [1.82, 2.24) is 14.1 Å². The van der Waals surface area contributed by atoms with E-state index < -0.39 is 15.9 Å². The highest BCUT2D eigenvalue weighted by Gasteiger charge is 2.15. The van der Waals surface area contributed by atoms with Gasteiger partial charge in [0.15, 0.2) is 10.1 Å². The van der Waals surface area contributed by atoms with Crippen LogP contribution in [0.1, 0.15) is 11.5 Å². The first-order chi connectivity index (χ1) is 14.4. The lowest BCUT2D eigenvalue weighted by atomic mass is 10.3. The molecule has 4 aromatic rings. The third-order valence-corrected chi connectivity index (χ3v) is 6.51. The van der Waals surface area contributed by atoms with Gasteiger partial charge in [-0.3, -0.25) is 9.20 Å². The quantitative estimate of drug-likeness (QED) is 0.407. The fraction of sp³-hybridized carbons (Fsp3) is 0.0526. The van der Waals surface area contributed by atoms with Gasteiger partial charge in [-0.2, -0.15) is 0 Å². The van der Waals surface area contributed by atoms with E-state index in [0.717, 1.165) is 4.96 Å². The monoisotopic (exact) mass is 462 g/mol. The van der Waals surface area contributed by atoms with Gasteiger partial charge in [-0.1, -0.05) is 17.7 Å². The second-order valence-electron chi connectivity index (χ2n) is 6.10. The maximum absolute atomic E-state index is 12.5. The first kappa shape index (κ1) is 20.4. The second-order valence-corrected chi connectivity index (χ2v) is 9.10. The van der Waals surface area contributed by atoms with E-state index in [1.807, 2.05) is 5.38 Å². The molecule has 0 spiro atoms. The molecule has 0 aliphatic rings. The number of furan rings is 1. The summed E-state index contributed by atoms with van der Waals surface area (Å²) in [6, 6.07) is 9.30. The van der Waals surface area contributed by atoms with Crippen LogP contribution >= 0.6 is 22.9 Å². The van der Waals surface area contributed by atoms with Crippen LogP contribution in [0.5, 0.6) is 0 Å². The summed E-state index contributed by atoms with van der Waals surface area (Å²) < 4.78 is 34.3. The van der Waals surface area contributed by atoms with Gasteiger partial charge >= 0.3 is 0 Å². The summed E-state index contributed by atoms with van der Waals surface area (Å²) in [5, 5.41) is 4.80. The number of fused-ring (bicyclic) bond motifs is 1. The number of hydrogen-bond acceptors (Lipinski definition) is 6. The minimum Gasteiger partial charge on any atom is -0.468 e. The molecule has 2 N–H and O–H groups in total. The fourth-order valence-electron chi connectivity index (χ4n) is 2.67. The Bertz CT molecular complexity index is 1320. The Labute approximate surface area is 180 Å². The van der Waals surface area contributed by atoms with E-state index in [1.165, 1.54) is 35.8 Å². The van der Waals surface area contributed by atoms with Gasteiger partial charge in [0.05, 0.1) is 23.4 Å². The number of aromatic nitrogens is 2. The van der Waals surface area contributed by atoms with Gasteiger partial charge in [-0.25, -0.2) is 18.1 Å². The van der Waals surface area contributed by atoms with Crippen molar-refractivity contribution in [2.75, 3.05) is 5.32 Å². The van der Waals surface area contributed by atoms with Crippen LogP contribution in [0.2, 0.25) is 5.15 Å². The minimum absolute atomic E-state index is 0.0228. The Morgan fingerprint density at radius 2 is 2.17 bits per heavy atom. The molecule has 30 heavy (non-hydrogen) atoms. The van der Waals surface area contributed by atoms with E-state index >= 15 is 0 Å². The average molecular weight is 463 g/mol. The van der Waals surface area contributed by atoms with Crippen molar-refractivity contribution in [3.63, 3.8) is 0 Å². The lowest BCUT2D eigenvalue weighted by molar-refractivity contribution is -0.111. The largest absolute Gasteiger partial charge is 0.468 e. The molecule has 0 unspecified atom stereocenters. The van der Waals surface area contributed by atoms with Crippen molar-refractivity contribution in [3.8, 4) is 0 Å². The molecule has 11 heteroatoms. The molecule has 4 rings (SSSR count). The van der Waals surface area contributed by atoms with Gasteiger partial charge in [0.25, 0.3) is 0 Å². The van der Waals surface area contributed by atoms with Crippen molar-refractivity contribution in [1.29, 1.82) is 0 Å². The molecule has 0 bridgehead atoms. The van der Waals surface area contributed by atoms with E-state index in [-0.39, 0.29) is 11.4 Å². The number of amides is 1. The molecule has 154 valence electrons. The van der Waals surface area contributed by atoms with Crippen molar-refractivity contribution < 1.29 is 17.6 Å². The van der Waals surface area contributed by atoms with E-state index in [9.17, 15) is 13.2 Å². The summed E-state index contributed by atoms with van der Waals surface area (Å²) in [5.74, 6) is 0.0563. The molecule has 3 heterocycles. The summed E-state index contributed by atoms with van der Waals surface area (Å²) in [4.78, 5) is 17.2. The second kappa shape index (κ2) is 8.44. The van der Waals surface area contributed by atoms with Gasteiger partial charge in [-0.15, -0.1) is 11.3 Å². The molecule has 1 aromatic carbocycles. The van der Waals surface area contributed by atoms with Gasteiger partial charge < -0.3 is 9.73 Å². The number of halogens is 1. The van der Waals surface area contributed by atoms with E-state index in [1.54, 1.807) is 40.9 Å². The number of anilines is 1. The van der Waals surface area contributed by atoms with Crippen LogP contribution < -0.4 is 10.0 Å². The summed E-state index contributed by atoms with van der Waals surface area (Å²) >= 11 is 7.53. The molecule has 0 saturated heterocycles. The van der Waals surface area contributed by atoms with Gasteiger partial charge in [-0.05, 0) is 36.4 Å². The van der Waals surface area contributed by atoms with Crippen LogP contribution in [0.25, 0.3) is 11.0 Å². The lowest BCUT2D eigenvalue weighted by Gasteiger charge is -2.08. The number of rotatable bonds is 7. The van der Waals surface area contributed by atoms with Crippen LogP contribution in [0.15, 0.2) is 69.6 Å². The van der Waals surface area contributed by atoms with E-state index in [2.05, 4.69) is 15.0 Å². The van der Waals surface area contributed by atoms with Crippen LogP contribution in [0, 0.1) is 0 Å². The highest BCUT2D eigenvalue weighted by molar-refractivity contribution is 7.89. The number of sulfonamides is 1. The van der Waals surface area contributed by atoms with Crippen molar-refractivity contribution in [2.45, 2.75) is 11.4 Å². The number of benzene rings is 1. The smallest absolute Gasteiger partial charge is 0.248 e. The lowest BCUT2D eigenvalue weighted by Crippen LogP contribution is -2.23. The normalized spacial score (nSPS) is 12.0. The summed E-state index contributed by atoms with van der Waals surface area (Å²) in [7, 11) is -3.77. The molecular weight excluding hydrogens is 448 g/mol. The molecule has 8 nitrogen and oxygen atoms in total. The number of hydrogen-bond donors (Lipinski definition) is 2. The maximum Gasteiger partial charge on any atom is 0.248 e. The number of imidazole rings is 1. The maximum atomic E-state index is 12.5. The minimum atomic E-state index is -3.77. The zero-order valence-electron chi connectivity index (χ0n) is 15.3. The van der Waals surface area contributed by atoms with Crippen molar-refractivity contribution in [3.05, 3.63) is 76.9 Å². The predicted octanol–water partition coefficient (Wildman–Crippen LogP) is 3.77. The standard InChI is InChI=1S/C19H15ClN4O4S2/c20-18-16(24-8-10-29-19(24)23-18)6-7-17(25)22-13-3-1-5-15(11-13)30(26,27)21-12-14-4-2-9-28-14/h1-11,21H,12H2,(H,22,25)/b7-6+. The molecule has 0 radical (unpaired) electrons. The first-order valence-corrected chi connectivity index (χ1v) is 11.4. The highest BCUT2D eigenvalue weighted by atomic mass is 35.5. The topological polar surface area (TPSA) is 106 Å². The summed E-state index contributed by atoms with van der Waals surface area (Å²) in [6.07, 6.45) is 6.13. The average Bonchev–Trinajstić information content (AvgIpc) is 3.44. The number of carbonyl (C=O) groups excluding carboxylic acids is 1. The zero-order valence-corrected chi connectivity index (χ0v) is 17.7. The molecule has 1 amide bonds. The van der Waals surface area contributed by atoms with Crippen LogP contribution in [-0.4, -0.2) is 23.7 Å². The Morgan fingerprint density at radius 3 is 2.97 bits per heavy atom. The Morgan fingerprint density at radius 1 is 1.30 bits per heavy atom. The fourth-order valence-corrected chi connectivity index (χ4v) is 4.71.